The zero-order chi connectivity index (χ0) is 14.2. The second-order valence-corrected chi connectivity index (χ2v) is 7.55. The van der Waals surface area contributed by atoms with Gasteiger partial charge in [0.2, 0.25) is 5.91 Å². The Hall–Kier alpha value is 0.730. The van der Waals surface area contributed by atoms with E-state index < -0.39 is 21.4 Å². The van der Waals surface area contributed by atoms with Crippen LogP contribution in [0.1, 0.15) is 41.5 Å². The van der Waals surface area contributed by atoms with Gasteiger partial charge in [-0.05, 0) is 26.0 Å². The summed E-state index contributed by atoms with van der Waals surface area (Å²) in [7, 11) is -4.08. The topological polar surface area (TPSA) is 83.5 Å². The standard InChI is InChI=1S/C11H23NO4S2.Na.H/c1-4-5-7-17-8-6-10(13)12-11(2,3)9-18(14,15)16;;/h4-9H2,1-3H3,(H,12,13)(H,14,15,16);;/q;+1;-1. The van der Waals surface area contributed by atoms with Crippen LogP contribution < -0.4 is 34.9 Å². The molecule has 0 spiro atoms. The van der Waals surface area contributed by atoms with Gasteiger partial charge >= 0.3 is 29.6 Å². The average Bonchev–Trinajstić information content (AvgIpc) is 2.12. The molecule has 19 heavy (non-hydrogen) atoms. The van der Waals surface area contributed by atoms with Crippen LogP contribution in [0.25, 0.3) is 0 Å². The van der Waals surface area contributed by atoms with Gasteiger partial charge in [0.05, 0.1) is 11.3 Å². The van der Waals surface area contributed by atoms with E-state index in [4.69, 9.17) is 4.55 Å². The van der Waals surface area contributed by atoms with Crippen molar-refractivity contribution in [3.05, 3.63) is 0 Å². The van der Waals surface area contributed by atoms with Crippen LogP contribution in [0, 0.1) is 0 Å². The van der Waals surface area contributed by atoms with Gasteiger partial charge in [-0.1, -0.05) is 13.3 Å². The maximum absolute atomic E-state index is 11.6. The van der Waals surface area contributed by atoms with Crippen molar-refractivity contribution in [1.82, 2.24) is 5.32 Å². The molecule has 2 N–H and O–H groups in total. The van der Waals surface area contributed by atoms with Gasteiger partial charge in [0.1, 0.15) is 0 Å². The molecule has 0 rings (SSSR count). The van der Waals surface area contributed by atoms with E-state index in [0.29, 0.717) is 6.42 Å². The number of rotatable bonds is 9. The maximum atomic E-state index is 11.6. The van der Waals surface area contributed by atoms with E-state index in [2.05, 4.69) is 12.2 Å². The molecule has 0 aromatic heterocycles. The summed E-state index contributed by atoms with van der Waals surface area (Å²) in [5.74, 6) is 1.10. The Morgan fingerprint density at radius 2 is 1.95 bits per heavy atom. The van der Waals surface area contributed by atoms with Gasteiger partial charge in [0, 0.05) is 12.2 Å². The number of thioether (sulfide) groups is 1. The van der Waals surface area contributed by atoms with Crippen LogP contribution in [0.4, 0.5) is 0 Å². The molecule has 0 bridgehead atoms. The number of carbonyl (C=O) groups excluding carboxylic acids is 1. The van der Waals surface area contributed by atoms with Gasteiger partial charge in [-0.3, -0.25) is 9.35 Å². The van der Waals surface area contributed by atoms with Crippen molar-refractivity contribution < 1.29 is 48.7 Å². The normalized spacial score (nSPS) is 11.8. The Morgan fingerprint density at radius 1 is 1.37 bits per heavy atom. The molecule has 0 aliphatic heterocycles. The van der Waals surface area contributed by atoms with Crippen molar-refractivity contribution in [2.45, 2.75) is 45.6 Å². The second kappa shape index (κ2) is 10.5. The molecule has 0 aliphatic rings. The van der Waals surface area contributed by atoms with Crippen molar-refractivity contribution in [3.63, 3.8) is 0 Å². The molecule has 5 nitrogen and oxygen atoms in total. The molecule has 0 unspecified atom stereocenters. The third-order valence-electron chi connectivity index (χ3n) is 2.14. The van der Waals surface area contributed by atoms with E-state index in [1.807, 2.05) is 0 Å². The first-order valence-electron chi connectivity index (χ1n) is 6.00. The Kier molecular flexibility index (Phi) is 12.1. The average molecular weight is 321 g/mol. The first kappa shape index (κ1) is 22.0. The summed E-state index contributed by atoms with van der Waals surface area (Å²) >= 11 is 1.72. The summed E-state index contributed by atoms with van der Waals surface area (Å²) in [5.41, 5.74) is -0.946. The minimum atomic E-state index is -4.08. The van der Waals surface area contributed by atoms with Crippen LogP contribution in [-0.2, 0) is 14.9 Å². The summed E-state index contributed by atoms with van der Waals surface area (Å²) in [5, 5.41) is 2.61. The van der Waals surface area contributed by atoms with Gasteiger partial charge < -0.3 is 6.74 Å². The fourth-order valence-electron chi connectivity index (χ4n) is 1.45. The minimum Gasteiger partial charge on any atom is -1.00 e. The number of hydrogen-bond acceptors (Lipinski definition) is 4. The third kappa shape index (κ3) is 14.9. The van der Waals surface area contributed by atoms with E-state index in [1.54, 1.807) is 25.6 Å². The summed E-state index contributed by atoms with van der Waals surface area (Å²) < 4.78 is 30.3. The van der Waals surface area contributed by atoms with E-state index >= 15 is 0 Å². The van der Waals surface area contributed by atoms with Crippen LogP contribution in [0.5, 0.6) is 0 Å². The predicted molar refractivity (Wildman–Crippen MR) is 76.6 cm³/mol. The molecule has 110 valence electrons. The number of amides is 1. The monoisotopic (exact) mass is 321 g/mol. The molecular weight excluding hydrogens is 297 g/mol. The summed E-state index contributed by atoms with van der Waals surface area (Å²) in [4.78, 5) is 11.6. The van der Waals surface area contributed by atoms with Crippen molar-refractivity contribution in [2.24, 2.45) is 0 Å². The number of unbranched alkanes of at least 4 members (excludes halogenated alkanes) is 1. The zero-order valence-electron chi connectivity index (χ0n) is 13.2. The molecule has 1 amide bonds. The van der Waals surface area contributed by atoms with Crippen molar-refractivity contribution in [1.29, 1.82) is 0 Å². The fraction of sp³-hybridized carbons (Fsp3) is 0.909. The van der Waals surface area contributed by atoms with E-state index in [9.17, 15) is 13.2 Å². The molecule has 0 aliphatic carbocycles. The minimum absolute atomic E-state index is 0. The number of nitrogens with one attached hydrogen (secondary N) is 1. The first-order valence-corrected chi connectivity index (χ1v) is 8.76. The van der Waals surface area contributed by atoms with E-state index in [0.717, 1.165) is 24.3 Å². The molecule has 8 heteroatoms. The van der Waals surface area contributed by atoms with Crippen LogP contribution in [0.2, 0.25) is 0 Å². The molecule has 0 heterocycles. The van der Waals surface area contributed by atoms with Crippen molar-refractivity contribution >= 4 is 27.8 Å². The summed E-state index contributed by atoms with van der Waals surface area (Å²) in [6.45, 7) is 5.26. The second-order valence-electron chi connectivity index (χ2n) is 4.87. The fourth-order valence-corrected chi connectivity index (χ4v) is 3.46. The van der Waals surface area contributed by atoms with Gasteiger partial charge in [0.15, 0.2) is 0 Å². The van der Waals surface area contributed by atoms with Crippen LogP contribution in [0.15, 0.2) is 0 Å². The van der Waals surface area contributed by atoms with Gasteiger partial charge in [0.25, 0.3) is 10.1 Å². The van der Waals surface area contributed by atoms with E-state index in [1.165, 1.54) is 0 Å². The molecule has 0 aromatic carbocycles. The summed E-state index contributed by atoms with van der Waals surface area (Å²) in [6, 6.07) is 0. The molecule has 0 saturated heterocycles. The Bertz CT molecular complexity index is 363. The van der Waals surface area contributed by atoms with E-state index in [-0.39, 0.29) is 36.9 Å². The zero-order valence-corrected chi connectivity index (χ0v) is 15.9. The Morgan fingerprint density at radius 3 is 2.42 bits per heavy atom. The smallest absolute Gasteiger partial charge is 1.00 e. The van der Waals surface area contributed by atoms with Gasteiger partial charge in [-0.2, -0.15) is 20.2 Å². The Balaban J connectivity index is -0.00000144. The van der Waals surface area contributed by atoms with Crippen LogP contribution in [-0.4, -0.2) is 41.7 Å². The number of hydrogen-bond donors (Lipinski definition) is 2. The predicted octanol–water partition coefficient (Wildman–Crippen LogP) is -1.19. The Labute approximate surface area is 144 Å². The van der Waals surface area contributed by atoms with Crippen LogP contribution in [0.3, 0.4) is 0 Å². The summed E-state index contributed by atoms with van der Waals surface area (Å²) in [6.07, 6.45) is 2.64. The molecule has 0 atom stereocenters. The van der Waals surface area contributed by atoms with Gasteiger partial charge in [-0.25, -0.2) is 0 Å². The van der Waals surface area contributed by atoms with Gasteiger partial charge in [-0.15, -0.1) is 0 Å². The SMILES string of the molecule is CCCCSCCC(=O)NC(C)(C)CS(=O)(=O)O.[H-].[Na+]. The maximum Gasteiger partial charge on any atom is 1.00 e. The molecule has 0 radical (unpaired) electrons. The largest absolute Gasteiger partial charge is 1.00 e. The molecular formula is C11H24NNaO4S2. The quantitative estimate of drug-likeness (QED) is 0.317. The first-order chi connectivity index (χ1) is 8.16. The number of carbonyl (C=O) groups is 1. The molecule has 0 saturated carbocycles. The van der Waals surface area contributed by atoms with Crippen molar-refractivity contribution in [2.75, 3.05) is 17.3 Å². The van der Waals surface area contributed by atoms with Crippen molar-refractivity contribution in [3.8, 4) is 0 Å². The van der Waals surface area contributed by atoms with Crippen LogP contribution >= 0.6 is 11.8 Å². The third-order valence-corrected chi connectivity index (χ3v) is 4.29. The molecule has 0 fully saturated rings. The molecule has 0 aromatic rings.